The van der Waals surface area contributed by atoms with E-state index in [2.05, 4.69) is 5.16 Å². The fraction of sp³-hybridized carbons (Fsp3) is 0.438. The monoisotopic (exact) mass is 338 g/mol. The number of aromatic nitrogens is 1. The molecule has 2 aromatic rings. The van der Waals surface area contributed by atoms with Crippen LogP contribution in [-0.4, -0.2) is 24.4 Å². The smallest absolute Gasteiger partial charge is 0.219 e. The summed E-state index contributed by atoms with van der Waals surface area (Å²) in [7, 11) is -3.63. The Balaban J connectivity index is 1.86. The molecule has 0 bridgehead atoms. The second-order valence-electron chi connectivity index (χ2n) is 5.99. The normalized spacial score (nSPS) is 19.3. The number of sulfonamides is 1. The lowest BCUT2D eigenvalue weighted by Gasteiger charge is -2.22. The second kappa shape index (κ2) is 6.05. The van der Waals surface area contributed by atoms with Crippen LogP contribution in [0, 0.1) is 19.7 Å². The summed E-state index contributed by atoms with van der Waals surface area (Å²) < 4.78 is 46.1. The van der Waals surface area contributed by atoms with E-state index < -0.39 is 15.8 Å². The zero-order valence-corrected chi connectivity index (χ0v) is 13.9. The summed E-state index contributed by atoms with van der Waals surface area (Å²) in [6.45, 7) is 3.98. The van der Waals surface area contributed by atoms with E-state index in [1.807, 2.05) is 0 Å². The van der Waals surface area contributed by atoms with Crippen LogP contribution in [0.15, 0.2) is 28.8 Å². The Labute approximate surface area is 135 Å². The summed E-state index contributed by atoms with van der Waals surface area (Å²) in [5.74, 6) is -0.282. The molecule has 124 valence electrons. The molecule has 1 aliphatic heterocycles. The summed E-state index contributed by atoms with van der Waals surface area (Å²) in [5, 5.41) is 3.83. The van der Waals surface area contributed by atoms with E-state index in [0.717, 1.165) is 12.0 Å². The van der Waals surface area contributed by atoms with Crippen LogP contribution < -0.4 is 0 Å². The number of aryl methyl sites for hydroxylation is 2. The summed E-state index contributed by atoms with van der Waals surface area (Å²) in [6.07, 6.45) is 1.43. The highest BCUT2D eigenvalue weighted by molar-refractivity contribution is 7.88. The standard InChI is InChI=1S/C16H19FN2O3S/c1-11-5-6-13(14(17)8-11)10-23(20,21)19-7-3-4-15(19)16-9-12(2)18-22-16/h5-6,8-9,15H,3-4,7,10H2,1-2H3. The van der Waals surface area contributed by atoms with Crippen molar-refractivity contribution in [2.75, 3.05) is 6.54 Å². The zero-order chi connectivity index (χ0) is 16.6. The van der Waals surface area contributed by atoms with Crippen LogP contribution in [0.25, 0.3) is 0 Å². The van der Waals surface area contributed by atoms with Crippen molar-refractivity contribution in [2.24, 2.45) is 0 Å². The third kappa shape index (κ3) is 3.30. The maximum absolute atomic E-state index is 14.0. The molecule has 1 aliphatic rings. The number of hydrogen-bond acceptors (Lipinski definition) is 4. The molecule has 23 heavy (non-hydrogen) atoms. The lowest BCUT2D eigenvalue weighted by molar-refractivity contribution is 0.297. The number of nitrogens with zero attached hydrogens (tertiary/aromatic N) is 2. The Hall–Kier alpha value is -1.73. The van der Waals surface area contributed by atoms with Crippen LogP contribution in [0.1, 0.15) is 41.5 Å². The highest BCUT2D eigenvalue weighted by Crippen LogP contribution is 2.35. The first-order chi connectivity index (χ1) is 10.9. The van der Waals surface area contributed by atoms with Crippen molar-refractivity contribution in [1.29, 1.82) is 0 Å². The molecule has 5 nitrogen and oxygen atoms in total. The number of benzene rings is 1. The van der Waals surface area contributed by atoms with Gasteiger partial charge in [-0.25, -0.2) is 12.8 Å². The molecule has 0 N–H and O–H groups in total. The maximum Gasteiger partial charge on any atom is 0.219 e. The van der Waals surface area contributed by atoms with Crippen LogP contribution >= 0.6 is 0 Å². The quantitative estimate of drug-likeness (QED) is 0.859. The van der Waals surface area contributed by atoms with Crippen LogP contribution in [0.2, 0.25) is 0 Å². The van der Waals surface area contributed by atoms with Crippen molar-refractivity contribution in [3.05, 3.63) is 52.7 Å². The Kier molecular flexibility index (Phi) is 4.25. The summed E-state index contributed by atoms with van der Waals surface area (Å²) in [6, 6.07) is 6.01. The van der Waals surface area contributed by atoms with Gasteiger partial charge in [0.05, 0.1) is 17.5 Å². The molecule has 1 saturated heterocycles. The number of halogens is 1. The van der Waals surface area contributed by atoms with Gasteiger partial charge in [0.1, 0.15) is 5.82 Å². The molecule has 2 heterocycles. The molecule has 1 unspecified atom stereocenters. The molecule has 1 aromatic carbocycles. The van der Waals surface area contributed by atoms with E-state index in [4.69, 9.17) is 4.52 Å². The van der Waals surface area contributed by atoms with Crippen molar-refractivity contribution in [1.82, 2.24) is 9.46 Å². The molecule has 3 rings (SSSR count). The highest BCUT2D eigenvalue weighted by Gasteiger charge is 2.37. The van der Waals surface area contributed by atoms with Crippen LogP contribution in [0.3, 0.4) is 0 Å². The van der Waals surface area contributed by atoms with E-state index >= 15 is 0 Å². The lowest BCUT2D eigenvalue weighted by atomic mass is 10.2. The van der Waals surface area contributed by atoms with Gasteiger partial charge in [-0.05, 0) is 38.3 Å². The Bertz CT molecular complexity index is 816. The first kappa shape index (κ1) is 16.1. The Morgan fingerprint density at radius 3 is 2.78 bits per heavy atom. The summed E-state index contributed by atoms with van der Waals surface area (Å²) >= 11 is 0. The van der Waals surface area contributed by atoms with Gasteiger partial charge in [0, 0.05) is 18.2 Å². The second-order valence-corrected chi connectivity index (χ2v) is 7.91. The minimum absolute atomic E-state index is 0.190. The first-order valence-corrected chi connectivity index (χ1v) is 9.15. The van der Waals surface area contributed by atoms with Gasteiger partial charge in [0.25, 0.3) is 0 Å². The van der Waals surface area contributed by atoms with Crippen molar-refractivity contribution in [2.45, 2.75) is 38.5 Å². The summed E-state index contributed by atoms with van der Waals surface area (Å²) in [5.41, 5.74) is 1.67. The van der Waals surface area contributed by atoms with Crippen molar-refractivity contribution in [3.8, 4) is 0 Å². The minimum atomic E-state index is -3.63. The predicted octanol–water partition coefficient (Wildman–Crippen LogP) is 3.10. The number of hydrogen-bond donors (Lipinski definition) is 0. The lowest BCUT2D eigenvalue weighted by Crippen LogP contribution is -2.31. The topological polar surface area (TPSA) is 63.4 Å². The molecule has 0 amide bonds. The minimum Gasteiger partial charge on any atom is -0.359 e. The molecule has 7 heteroatoms. The van der Waals surface area contributed by atoms with Gasteiger partial charge in [-0.15, -0.1) is 0 Å². The van der Waals surface area contributed by atoms with Crippen molar-refractivity contribution < 1.29 is 17.3 Å². The van der Waals surface area contributed by atoms with Crippen molar-refractivity contribution in [3.63, 3.8) is 0 Å². The van der Waals surface area contributed by atoms with Gasteiger partial charge in [-0.3, -0.25) is 0 Å². The summed E-state index contributed by atoms with van der Waals surface area (Å²) in [4.78, 5) is 0. The van der Waals surface area contributed by atoms with Gasteiger partial charge < -0.3 is 4.52 Å². The molecular weight excluding hydrogens is 319 g/mol. The van der Waals surface area contributed by atoms with Gasteiger partial charge in [-0.2, -0.15) is 4.31 Å². The van der Waals surface area contributed by atoms with E-state index in [0.29, 0.717) is 24.4 Å². The third-order valence-electron chi connectivity index (χ3n) is 4.08. The van der Waals surface area contributed by atoms with E-state index in [-0.39, 0.29) is 17.4 Å². The Morgan fingerprint density at radius 1 is 1.35 bits per heavy atom. The van der Waals surface area contributed by atoms with Gasteiger partial charge >= 0.3 is 0 Å². The van der Waals surface area contributed by atoms with Crippen molar-refractivity contribution >= 4 is 10.0 Å². The number of rotatable bonds is 4. The molecular formula is C16H19FN2O3S. The largest absolute Gasteiger partial charge is 0.359 e. The van der Waals surface area contributed by atoms with Gasteiger partial charge in [0.15, 0.2) is 5.76 Å². The van der Waals surface area contributed by atoms with Gasteiger partial charge in [-0.1, -0.05) is 17.3 Å². The molecule has 0 aliphatic carbocycles. The fourth-order valence-electron chi connectivity index (χ4n) is 2.95. The maximum atomic E-state index is 14.0. The first-order valence-electron chi connectivity index (χ1n) is 7.54. The molecule has 1 aromatic heterocycles. The van der Waals surface area contributed by atoms with Crippen LogP contribution in [-0.2, 0) is 15.8 Å². The fourth-order valence-corrected chi connectivity index (χ4v) is 4.74. The molecule has 1 atom stereocenters. The molecule has 0 radical (unpaired) electrons. The average molecular weight is 338 g/mol. The SMILES string of the molecule is Cc1ccc(CS(=O)(=O)N2CCCC2c2cc(C)no2)c(F)c1. The third-order valence-corrected chi connectivity index (χ3v) is 5.91. The zero-order valence-electron chi connectivity index (χ0n) is 13.1. The van der Waals surface area contributed by atoms with E-state index in [1.165, 1.54) is 16.4 Å². The predicted molar refractivity (Wildman–Crippen MR) is 83.7 cm³/mol. The molecule has 1 fully saturated rings. The Morgan fingerprint density at radius 2 is 2.13 bits per heavy atom. The van der Waals surface area contributed by atoms with Crippen LogP contribution in [0.4, 0.5) is 4.39 Å². The highest BCUT2D eigenvalue weighted by atomic mass is 32.2. The van der Waals surface area contributed by atoms with E-state index in [1.54, 1.807) is 26.0 Å². The van der Waals surface area contributed by atoms with E-state index in [9.17, 15) is 12.8 Å². The molecule has 0 saturated carbocycles. The van der Waals surface area contributed by atoms with Gasteiger partial charge in [0.2, 0.25) is 10.0 Å². The average Bonchev–Trinajstić information content (AvgIpc) is 3.10. The molecule has 0 spiro atoms. The van der Waals surface area contributed by atoms with Crippen LogP contribution in [0.5, 0.6) is 0 Å².